The largest absolute Gasteiger partial charge is 0.506 e. The molecule has 0 bridgehead atoms. The van der Waals surface area contributed by atoms with Gasteiger partial charge in [-0.25, -0.2) is 4.79 Å². The fraction of sp³-hybridized carbons (Fsp3) is 0.259. The van der Waals surface area contributed by atoms with Crippen LogP contribution < -0.4 is 11.4 Å². The van der Waals surface area contributed by atoms with Crippen molar-refractivity contribution in [3.8, 4) is 34.2 Å². The molecule has 6 heteroatoms. The second-order valence-electron chi connectivity index (χ2n) is 8.73. The van der Waals surface area contributed by atoms with Crippen molar-refractivity contribution < 1.29 is 9.52 Å². The molecule has 0 amide bonds. The molecule has 1 aliphatic rings. The van der Waals surface area contributed by atoms with Gasteiger partial charge in [0.2, 0.25) is 0 Å². The molecule has 0 radical (unpaired) electrons. The van der Waals surface area contributed by atoms with Gasteiger partial charge in [0.05, 0.1) is 11.1 Å². The fourth-order valence-corrected chi connectivity index (χ4v) is 5.03. The first-order valence-corrected chi connectivity index (χ1v) is 11.3. The van der Waals surface area contributed by atoms with Crippen LogP contribution in [-0.2, 0) is 0 Å². The Labute approximate surface area is 191 Å². The summed E-state index contributed by atoms with van der Waals surface area (Å²) in [5, 5.41) is 21.8. The highest BCUT2D eigenvalue weighted by Gasteiger charge is 2.32. The third kappa shape index (κ3) is 3.37. The zero-order valence-corrected chi connectivity index (χ0v) is 18.5. The van der Waals surface area contributed by atoms with Gasteiger partial charge in [0, 0.05) is 11.6 Å². The van der Waals surface area contributed by atoms with E-state index in [1.807, 2.05) is 35.8 Å². The summed E-state index contributed by atoms with van der Waals surface area (Å²) in [6, 6.07) is 16.9. The summed E-state index contributed by atoms with van der Waals surface area (Å²) in [5.41, 5.74) is 9.45. The minimum atomic E-state index is -0.654. The molecule has 2 heterocycles. The summed E-state index contributed by atoms with van der Waals surface area (Å²) in [4.78, 5) is 13.3. The zero-order valence-electron chi connectivity index (χ0n) is 18.5. The Kier molecular flexibility index (Phi) is 5.18. The standard InChI is InChI=1S/C27H25N3O3/c1-16-11-13-17(14-12-16)22-20(15-28)26(29)30(18-7-3-2-4-8-18)24(22)23-25(31)19-9-5-6-10-21(19)33-27(23)32/h5-6,9-14,18,31H,2-4,7-8,29H2,1H3. The van der Waals surface area contributed by atoms with Gasteiger partial charge in [-0.2, -0.15) is 5.26 Å². The number of rotatable bonds is 3. The van der Waals surface area contributed by atoms with E-state index in [-0.39, 0.29) is 17.4 Å². The van der Waals surface area contributed by atoms with Crippen molar-refractivity contribution in [2.45, 2.75) is 45.1 Å². The van der Waals surface area contributed by atoms with E-state index in [2.05, 4.69) is 6.07 Å². The molecule has 3 N–H and O–H groups in total. The third-order valence-corrected chi connectivity index (χ3v) is 6.66. The number of nitrogens with two attached hydrogens (primary N) is 1. The van der Waals surface area contributed by atoms with Crippen LogP contribution in [0.5, 0.6) is 5.75 Å². The Hall–Kier alpha value is -3.98. The van der Waals surface area contributed by atoms with Crippen molar-refractivity contribution in [3.05, 3.63) is 70.1 Å². The average Bonchev–Trinajstić information content (AvgIpc) is 3.12. The highest BCUT2D eigenvalue weighted by atomic mass is 16.4. The summed E-state index contributed by atoms with van der Waals surface area (Å²) < 4.78 is 7.51. The van der Waals surface area contributed by atoms with Gasteiger partial charge in [-0.05, 0) is 37.5 Å². The number of fused-ring (bicyclic) bond motifs is 1. The number of benzene rings is 2. The van der Waals surface area contributed by atoms with Gasteiger partial charge in [0.1, 0.15) is 34.3 Å². The van der Waals surface area contributed by atoms with Gasteiger partial charge in [0.25, 0.3) is 0 Å². The molecule has 1 saturated carbocycles. The van der Waals surface area contributed by atoms with Crippen LogP contribution in [-0.4, -0.2) is 9.67 Å². The number of nitrogens with zero attached hydrogens (tertiary/aromatic N) is 2. The molecular weight excluding hydrogens is 414 g/mol. The first-order chi connectivity index (χ1) is 16.0. The average molecular weight is 440 g/mol. The third-order valence-electron chi connectivity index (χ3n) is 6.66. The highest BCUT2D eigenvalue weighted by molar-refractivity contribution is 5.97. The van der Waals surface area contributed by atoms with E-state index in [9.17, 15) is 15.2 Å². The second-order valence-corrected chi connectivity index (χ2v) is 8.73. The molecule has 0 saturated heterocycles. The van der Waals surface area contributed by atoms with Crippen LogP contribution in [0.2, 0.25) is 0 Å². The summed E-state index contributed by atoms with van der Waals surface area (Å²) in [6.07, 6.45) is 5.02. The molecule has 2 aromatic carbocycles. The molecule has 1 aliphatic carbocycles. The van der Waals surface area contributed by atoms with Crippen molar-refractivity contribution in [1.29, 1.82) is 5.26 Å². The molecule has 0 spiro atoms. The first kappa shape index (κ1) is 20.9. The van der Waals surface area contributed by atoms with E-state index in [1.165, 1.54) is 0 Å². The Morgan fingerprint density at radius 3 is 2.45 bits per heavy atom. The van der Waals surface area contributed by atoms with Crippen LogP contribution in [0.3, 0.4) is 0 Å². The second kappa shape index (κ2) is 8.18. The molecule has 33 heavy (non-hydrogen) atoms. The minimum Gasteiger partial charge on any atom is -0.506 e. The van der Waals surface area contributed by atoms with E-state index in [4.69, 9.17) is 10.2 Å². The van der Waals surface area contributed by atoms with Gasteiger partial charge in [-0.3, -0.25) is 0 Å². The lowest BCUT2D eigenvalue weighted by molar-refractivity contribution is 0.359. The van der Waals surface area contributed by atoms with E-state index < -0.39 is 5.63 Å². The molecule has 0 atom stereocenters. The van der Waals surface area contributed by atoms with E-state index in [0.29, 0.717) is 33.6 Å². The number of nitriles is 1. The molecular formula is C27H25N3O3. The molecule has 0 aliphatic heterocycles. The molecule has 2 aromatic heterocycles. The van der Waals surface area contributed by atoms with Crippen LogP contribution in [0.1, 0.15) is 49.3 Å². The first-order valence-electron chi connectivity index (χ1n) is 11.3. The Morgan fingerprint density at radius 1 is 1.06 bits per heavy atom. The predicted molar refractivity (Wildman–Crippen MR) is 129 cm³/mol. The summed E-state index contributed by atoms with van der Waals surface area (Å²) in [7, 11) is 0. The van der Waals surface area contributed by atoms with Crippen LogP contribution in [0, 0.1) is 18.3 Å². The lowest BCUT2D eigenvalue weighted by Gasteiger charge is -2.27. The SMILES string of the molecule is Cc1ccc(-c2c(C#N)c(N)n(C3CCCCC3)c2-c2c(O)c3ccccc3oc2=O)cc1. The van der Waals surface area contributed by atoms with Crippen LogP contribution >= 0.6 is 0 Å². The number of nitrogen functional groups attached to an aromatic ring is 1. The molecule has 0 unspecified atom stereocenters. The number of aromatic nitrogens is 1. The summed E-state index contributed by atoms with van der Waals surface area (Å²) in [6.45, 7) is 1.99. The number of aromatic hydroxyl groups is 1. The quantitative estimate of drug-likeness (QED) is 0.387. The molecule has 5 rings (SSSR count). The Morgan fingerprint density at radius 2 is 1.76 bits per heavy atom. The predicted octanol–water partition coefficient (Wildman–Crippen LogP) is 5.90. The van der Waals surface area contributed by atoms with Crippen molar-refractivity contribution >= 4 is 16.8 Å². The van der Waals surface area contributed by atoms with Crippen molar-refractivity contribution in [2.24, 2.45) is 0 Å². The number of hydrogen-bond acceptors (Lipinski definition) is 5. The van der Waals surface area contributed by atoms with E-state index >= 15 is 0 Å². The minimum absolute atomic E-state index is 0.0327. The lowest BCUT2D eigenvalue weighted by atomic mass is 9.93. The Balaban J connectivity index is 1.92. The smallest absolute Gasteiger partial charge is 0.349 e. The van der Waals surface area contributed by atoms with Gasteiger partial charge in [-0.15, -0.1) is 0 Å². The van der Waals surface area contributed by atoms with Crippen LogP contribution in [0.15, 0.2) is 57.7 Å². The fourth-order valence-electron chi connectivity index (χ4n) is 5.03. The normalized spacial score (nSPS) is 14.4. The van der Waals surface area contributed by atoms with Gasteiger partial charge < -0.3 is 19.8 Å². The zero-order chi connectivity index (χ0) is 23.1. The van der Waals surface area contributed by atoms with Gasteiger partial charge in [-0.1, -0.05) is 61.2 Å². The maximum atomic E-state index is 13.3. The van der Waals surface area contributed by atoms with E-state index in [0.717, 1.165) is 43.2 Å². The van der Waals surface area contributed by atoms with Crippen LogP contribution in [0.25, 0.3) is 33.4 Å². The number of hydrogen-bond donors (Lipinski definition) is 2. The van der Waals surface area contributed by atoms with Crippen LogP contribution in [0.4, 0.5) is 5.82 Å². The number of anilines is 1. The Bertz CT molecular complexity index is 1450. The summed E-state index contributed by atoms with van der Waals surface area (Å²) >= 11 is 0. The lowest BCUT2D eigenvalue weighted by Crippen LogP contribution is -2.18. The van der Waals surface area contributed by atoms with Gasteiger partial charge >= 0.3 is 5.63 Å². The van der Waals surface area contributed by atoms with Crippen molar-refractivity contribution in [3.63, 3.8) is 0 Å². The molecule has 1 fully saturated rings. The van der Waals surface area contributed by atoms with Crippen molar-refractivity contribution in [2.75, 3.05) is 5.73 Å². The number of para-hydroxylation sites is 1. The molecule has 4 aromatic rings. The van der Waals surface area contributed by atoms with E-state index in [1.54, 1.807) is 24.3 Å². The molecule has 6 nitrogen and oxygen atoms in total. The maximum Gasteiger partial charge on any atom is 0.349 e. The maximum absolute atomic E-state index is 13.3. The van der Waals surface area contributed by atoms with Crippen molar-refractivity contribution in [1.82, 2.24) is 4.57 Å². The van der Waals surface area contributed by atoms with Gasteiger partial charge in [0.15, 0.2) is 0 Å². The monoisotopic (exact) mass is 439 g/mol. The molecule has 166 valence electrons. The highest BCUT2D eigenvalue weighted by Crippen LogP contribution is 2.47. The number of aryl methyl sites for hydroxylation is 1. The summed E-state index contributed by atoms with van der Waals surface area (Å²) in [5.74, 6) is 0.163. The topological polar surface area (TPSA) is 105 Å².